The summed E-state index contributed by atoms with van der Waals surface area (Å²) in [5.41, 5.74) is 1.65. The molecule has 0 saturated heterocycles. The van der Waals surface area contributed by atoms with Crippen LogP contribution in [0.5, 0.6) is 0 Å². The fourth-order valence-corrected chi connectivity index (χ4v) is 5.57. The first kappa shape index (κ1) is 32.2. The van der Waals surface area contributed by atoms with E-state index in [0.29, 0.717) is 16.9 Å². The summed E-state index contributed by atoms with van der Waals surface area (Å²) in [6.07, 6.45) is 1.18. The Labute approximate surface area is 273 Å². The van der Waals surface area contributed by atoms with Crippen molar-refractivity contribution in [3.05, 3.63) is 166 Å². The quantitative estimate of drug-likeness (QED) is 0.104. The largest absolute Gasteiger partial charge is 0.325 e. The summed E-state index contributed by atoms with van der Waals surface area (Å²) in [7, 11) is 0. The predicted octanol–water partition coefficient (Wildman–Crippen LogP) is 8.50. The van der Waals surface area contributed by atoms with Crippen molar-refractivity contribution in [2.75, 3.05) is 10.6 Å². The predicted molar refractivity (Wildman–Crippen MR) is 178 cm³/mol. The van der Waals surface area contributed by atoms with Gasteiger partial charge in [-0.1, -0.05) is 66.2 Å². The monoisotopic (exact) mass is 653 g/mol. The van der Waals surface area contributed by atoms with Crippen LogP contribution in [0.3, 0.4) is 0 Å². The van der Waals surface area contributed by atoms with Crippen LogP contribution in [0.4, 0.5) is 20.2 Å². The van der Waals surface area contributed by atoms with E-state index in [1.807, 2.05) is 30.3 Å². The summed E-state index contributed by atoms with van der Waals surface area (Å²) in [6.45, 7) is 0. The van der Waals surface area contributed by atoms with Crippen LogP contribution in [0.15, 0.2) is 138 Å². The molecular weight excluding hydrogens is 628 g/mol. The Kier molecular flexibility index (Phi) is 10.6. The van der Waals surface area contributed by atoms with Crippen LogP contribution in [0.1, 0.15) is 26.7 Å². The van der Waals surface area contributed by atoms with Gasteiger partial charge >= 0.3 is 0 Å². The smallest absolute Gasteiger partial charge is 0.272 e. The van der Waals surface area contributed by atoms with Crippen molar-refractivity contribution in [1.29, 1.82) is 0 Å². The lowest BCUT2D eigenvalue weighted by atomic mass is 10.1. The van der Waals surface area contributed by atoms with Gasteiger partial charge < -0.3 is 16.0 Å². The van der Waals surface area contributed by atoms with E-state index in [4.69, 9.17) is 11.6 Å². The van der Waals surface area contributed by atoms with E-state index in [0.717, 1.165) is 10.5 Å². The fraction of sp³-hybridized carbons (Fsp3) is 0.0278. The summed E-state index contributed by atoms with van der Waals surface area (Å²) < 4.78 is 28.0. The molecule has 46 heavy (non-hydrogen) atoms. The van der Waals surface area contributed by atoms with Gasteiger partial charge in [-0.15, -0.1) is 11.8 Å². The minimum atomic E-state index is -0.704. The fourth-order valence-electron chi connectivity index (χ4n) is 4.33. The highest BCUT2D eigenvalue weighted by molar-refractivity contribution is 8.00. The number of halogens is 3. The molecule has 0 aliphatic carbocycles. The number of amides is 3. The van der Waals surface area contributed by atoms with E-state index in [-0.39, 0.29) is 22.2 Å². The lowest BCUT2D eigenvalue weighted by Crippen LogP contribution is -2.30. The third-order valence-corrected chi connectivity index (χ3v) is 8.23. The number of nitrogens with one attached hydrogen (secondary N) is 3. The SMILES string of the molecule is O=C(Nc1ccc(SC(C(=O)Nc2ccc(F)cc2)c2ccccc2)cc1)/C(=C/c1c(F)cccc1Cl)NC(=O)c1ccccc1. The van der Waals surface area contributed by atoms with E-state index in [1.54, 1.807) is 54.6 Å². The summed E-state index contributed by atoms with van der Waals surface area (Å²) in [4.78, 5) is 40.4. The van der Waals surface area contributed by atoms with Crippen molar-refractivity contribution in [2.45, 2.75) is 10.1 Å². The first-order chi connectivity index (χ1) is 22.3. The van der Waals surface area contributed by atoms with Gasteiger partial charge in [0, 0.05) is 27.4 Å². The number of carbonyl (C=O) groups is 3. The first-order valence-corrected chi connectivity index (χ1v) is 15.2. The Morgan fingerprint density at radius 3 is 1.96 bits per heavy atom. The zero-order chi connectivity index (χ0) is 32.5. The highest BCUT2D eigenvalue weighted by Crippen LogP contribution is 2.37. The van der Waals surface area contributed by atoms with Crippen molar-refractivity contribution in [1.82, 2.24) is 5.32 Å². The highest BCUT2D eigenvalue weighted by Gasteiger charge is 2.23. The maximum Gasteiger partial charge on any atom is 0.272 e. The van der Waals surface area contributed by atoms with Gasteiger partial charge in [-0.25, -0.2) is 8.78 Å². The molecule has 3 N–H and O–H groups in total. The second-order valence-electron chi connectivity index (χ2n) is 9.90. The molecule has 0 saturated carbocycles. The molecule has 6 nitrogen and oxygen atoms in total. The molecule has 1 unspecified atom stereocenters. The molecule has 10 heteroatoms. The second kappa shape index (κ2) is 15.2. The average Bonchev–Trinajstić information content (AvgIpc) is 3.07. The third kappa shape index (κ3) is 8.47. The van der Waals surface area contributed by atoms with E-state index >= 15 is 0 Å². The zero-order valence-corrected chi connectivity index (χ0v) is 25.6. The Balaban J connectivity index is 1.34. The summed E-state index contributed by atoms with van der Waals surface area (Å²) >= 11 is 7.49. The van der Waals surface area contributed by atoms with Crippen LogP contribution >= 0.6 is 23.4 Å². The lowest BCUT2D eigenvalue weighted by molar-refractivity contribution is -0.116. The van der Waals surface area contributed by atoms with Gasteiger partial charge in [0.15, 0.2) is 0 Å². The van der Waals surface area contributed by atoms with E-state index in [1.165, 1.54) is 60.3 Å². The van der Waals surface area contributed by atoms with Crippen LogP contribution in [-0.2, 0) is 9.59 Å². The maximum absolute atomic E-state index is 14.6. The Hall–Kier alpha value is -5.25. The summed E-state index contributed by atoms with van der Waals surface area (Å²) in [6, 6.07) is 33.9. The first-order valence-electron chi connectivity index (χ1n) is 14.0. The molecule has 1 atom stereocenters. The van der Waals surface area contributed by atoms with Crippen LogP contribution in [0.2, 0.25) is 5.02 Å². The van der Waals surface area contributed by atoms with Gasteiger partial charge in [0.1, 0.15) is 22.6 Å². The van der Waals surface area contributed by atoms with Crippen molar-refractivity contribution in [3.8, 4) is 0 Å². The number of carbonyl (C=O) groups excluding carboxylic acids is 3. The van der Waals surface area contributed by atoms with E-state index in [2.05, 4.69) is 16.0 Å². The number of thioether (sulfide) groups is 1. The summed E-state index contributed by atoms with van der Waals surface area (Å²) in [5, 5.41) is 7.55. The number of hydrogen-bond acceptors (Lipinski definition) is 4. The highest BCUT2D eigenvalue weighted by atomic mass is 35.5. The molecule has 0 spiro atoms. The molecule has 0 heterocycles. The molecule has 5 aromatic carbocycles. The third-order valence-electron chi connectivity index (χ3n) is 6.64. The molecular formula is C36H26ClF2N3O3S. The second-order valence-corrected chi connectivity index (χ2v) is 11.5. The number of anilines is 2. The lowest BCUT2D eigenvalue weighted by Gasteiger charge is -2.17. The molecule has 0 bridgehead atoms. The number of rotatable bonds is 10. The number of hydrogen-bond donors (Lipinski definition) is 3. The van der Waals surface area contributed by atoms with E-state index < -0.39 is 28.7 Å². The average molecular weight is 654 g/mol. The van der Waals surface area contributed by atoms with Crippen molar-refractivity contribution in [2.24, 2.45) is 0 Å². The van der Waals surface area contributed by atoms with Crippen molar-refractivity contribution in [3.63, 3.8) is 0 Å². The molecule has 0 aromatic heterocycles. The Bertz CT molecular complexity index is 1850. The summed E-state index contributed by atoms with van der Waals surface area (Å²) in [5.74, 6) is -2.63. The van der Waals surface area contributed by atoms with Crippen LogP contribution in [0, 0.1) is 11.6 Å². The van der Waals surface area contributed by atoms with Crippen LogP contribution in [-0.4, -0.2) is 17.7 Å². The van der Waals surface area contributed by atoms with Gasteiger partial charge in [0.2, 0.25) is 5.91 Å². The molecule has 3 amide bonds. The minimum absolute atomic E-state index is 0.0553. The van der Waals surface area contributed by atoms with Crippen LogP contribution in [0.25, 0.3) is 6.08 Å². The van der Waals surface area contributed by atoms with Crippen molar-refractivity contribution < 1.29 is 23.2 Å². The molecule has 0 fully saturated rings. The minimum Gasteiger partial charge on any atom is -0.325 e. The molecule has 0 aliphatic heterocycles. The van der Waals surface area contributed by atoms with Crippen LogP contribution < -0.4 is 16.0 Å². The Morgan fingerprint density at radius 2 is 1.30 bits per heavy atom. The van der Waals surface area contributed by atoms with E-state index in [9.17, 15) is 23.2 Å². The van der Waals surface area contributed by atoms with Gasteiger partial charge in [-0.2, -0.15) is 0 Å². The van der Waals surface area contributed by atoms with Gasteiger partial charge in [0.05, 0.1) is 5.02 Å². The molecule has 5 aromatic rings. The van der Waals surface area contributed by atoms with Crippen molar-refractivity contribution >= 4 is 58.5 Å². The maximum atomic E-state index is 14.6. The topological polar surface area (TPSA) is 87.3 Å². The molecule has 0 aliphatic rings. The standard InChI is InChI=1S/C36H26ClF2N3O3S/c37-30-12-7-13-31(39)29(30)22-32(42-34(43)24-10-5-2-6-11-24)35(44)40-27-18-20-28(21-19-27)46-33(23-8-3-1-4-9-23)36(45)41-26-16-14-25(38)15-17-26/h1-22,33H,(H,40,44)(H,41,45)(H,42,43)/b32-22-. The molecule has 230 valence electrons. The Morgan fingerprint density at radius 1 is 0.696 bits per heavy atom. The number of benzene rings is 5. The van der Waals surface area contributed by atoms with Gasteiger partial charge in [0.25, 0.3) is 11.8 Å². The molecule has 5 rings (SSSR count). The van der Waals surface area contributed by atoms with Gasteiger partial charge in [-0.3, -0.25) is 14.4 Å². The molecule has 0 radical (unpaired) electrons. The zero-order valence-electron chi connectivity index (χ0n) is 24.0. The normalized spacial score (nSPS) is 11.8. The van der Waals surface area contributed by atoms with Gasteiger partial charge in [-0.05, 0) is 84.4 Å².